The molecule has 1 N–H and O–H groups in total. The van der Waals surface area contributed by atoms with E-state index in [2.05, 4.69) is 24.1 Å². The van der Waals surface area contributed by atoms with Crippen LogP contribution in [0.25, 0.3) is 11.0 Å². The molecule has 5 nitrogen and oxygen atoms in total. The maximum absolute atomic E-state index is 12.5. The molecule has 5 heteroatoms. The van der Waals surface area contributed by atoms with Crippen LogP contribution in [0.3, 0.4) is 0 Å². The third-order valence-corrected chi connectivity index (χ3v) is 4.00. The first-order valence-corrected chi connectivity index (χ1v) is 7.70. The summed E-state index contributed by atoms with van der Waals surface area (Å²) >= 11 is 0. The maximum Gasteiger partial charge on any atom is 0.251 e. The lowest BCUT2D eigenvalue weighted by Crippen LogP contribution is -2.33. The Balaban J connectivity index is 1.95. The minimum Gasteiger partial charge on any atom is -0.342 e. The van der Waals surface area contributed by atoms with Crippen LogP contribution in [0.2, 0.25) is 0 Å². The van der Waals surface area contributed by atoms with E-state index in [1.807, 2.05) is 35.9 Å². The number of fused-ring (bicyclic) bond motifs is 1. The molecular weight excluding hydrogens is 288 g/mol. The predicted molar refractivity (Wildman–Crippen MR) is 90.0 cm³/mol. The molecule has 0 radical (unpaired) electrons. The topological polar surface area (TPSA) is 59.8 Å². The minimum absolute atomic E-state index is 0.113. The summed E-state index contributed by atoms with van der Waals surface area (Å²) < 4.78 is 2.05. The number of benzene rings is 1. The van der Waals surface area contributed by atoms with E-state index in [1.165, 1.54) is 0 Å². The number of para-hydroxylation sites is 2. The number of carbonyl (C=O) groups is 1. The molecule has 1 atom stereocenters. The van der Waals surface area contributed by atoms with Crippen LogP contribution >= 0.6 is 0 Å². The number of rotatable bonds is 4. The Morgan fingerprint density at radius 2 is 1.83 bits per heavy atom. The van der Waals surface area contributed by atoms with E-state index >= 15 is 0 Å². The lowest BCUT2D eigenvalue weighted by atomic mass is 10.0. The summed E-state index contributed by atoms with van der Waals surface area (Å²) in [5.74, 6) is 0.970. The lowest BCUT2D eigenvalue weighted by Gasteiger charge is -2.22. The van der Waals surface area contributed by atoms with Crippen molar-refractivity contribution in [1.29, 1.82) is 0 Å². The number of imidazole rings is 1. The number of carbonyl (C=O) groups excluding carboxylic acids is 1. The number of nitrogens with zero attached hydrogens (tertiary/aromatic N) is 3. The molecule has 0 saturated carbocycles. The van der Waals surface area contributed by atoms with Gasteiger partial charge in [0.05, 0.1) is 17.1 Å². The Hall–Kier alpha value is -2.69. The summed E-state index contributed by atoms with van der Waals surface area (Å²) in [6.45, 7) is 4.16. The van der Waals surface area contributed by atoms with Crippen molar-refractivity contribution in [2.45, 2.75) is 19.9 Å². The molecular formula is C18H20N4O. The van der Waals surface area contributed by atoms with Crippen LogP contribution in [-0.2, 0) is 7.05 Å². The fourth-order valence-corrected chi connectivity index (χ4v) is 2.70. The van der Waals surface area contributed by atoms with Crippen molar-refractivity contribution in [2.75, 3.05) is 0 Å². The van der Waals surface area contributed by atoms with Gasteiger partial charge in [-0.1, -0.05) is 26.0 Å². The monoisotopic (exact) mass is 308 g/mol. The summed E-state index contributed by atoms with van der Waals surface area (Å²) in [7, 11) is 1.98. The Labute approximate surface area is 135 Å². The van der Waals surface area contributed by atoms with Gasteiger partial charge in [-0.25, -0.2) is 4.98 Å². The molecule has 0 aliphatic rings. The molecule has 0 aliphatic carbocycles. The summed E-state index contributed by atoms with van der Waals surface area (Å²) in [6.07, 6.45) is 3.24. The standard InChI is InChI=1S/C18H20N4O/c1-12(2)16(21-18(23)13-8-10-19-11-9-13)17-20-14-6-4-5-7-15(14)22(17)3/h4-12,16H,1-3H3,(H,21,23)/t16-/m0/s1. The highest BCUT2D eigenvalue weighted by Crippen LogP contribution is 2.25. The second kappa shape index (κ2) is 6.20. The van der Waals surface area contributed by atoms with Gasteiger partial charge in [0, 0.05) is 25.0 Å². The van der Waals surface area contributed by atoms with Crippen molar-refractivity contribution in [2.24, 2.45) is 13.0 Å². The first-order valence-electron chi connectivity index (χ1n) is 7.70. The van der Waals surface area contributed by atoms with Gasteiger partial charge in [0.25, 0.3) is 5.91 Å². The zero-order chi connectivity index (χ0) is 16.4. The second-order valence-corrected chi connectivity index (χ2v) is 5.95. The number of pyridine rings is 1. The molecule has 3 rings (SSSR count). The number of hydrogen-bond acceptors (Lipinski definition) is 3. The largest absolute Gasteiger partial charge is 0.342 e. The van der Waals surface area contributed by atoms with Crippen molar-refractivity contribution in [3.05, 3.63) is 60.2 Å². The van der Waals surface area contributed by atoms with Gasteiger partial charge in [0.2, 0.25) is 0 Å². The second-order valence-electron chi connectivity index (χ2n) is 5.95. The summed E-state index contributed by atoms with van der Waals surface area (Å²) in [4.78, 5) is 21.1. The van der Waals surface area contributed by atoms with Crippen LogP contribution in [0.15, 0.2) is 48.8 Å². The van der Waals surface area contributed by atoms with Gasteiger partial charge >= 0.3 is 0 Å². The van der Waals surface area contributed by atoms with Crippen LogP contribution in [-0.4, -0.2) is 20.4 Å². The van der Waals surface area contributed by atoms with Gasteiger partial charge in [0.15, 0.2) is 0 Å². The molecule has 0 spiro atoms. The number of aromatic nitrogens is 3. The number of aryl methyl sites for hydroxylation is 1. The fourth-order valence-electron chi connectivity index (χ4n) is 2.70. The Kier molecular flexibility index (Phi) is 4.10. The van der Waals surface area contributed by atoms with E-state index in [-0.39, 0.29) is 17.9 Å². The highest BCUT2D eigenvalue weighted by molar-refractivity contribution is 5.94. The SMILES string of the molecule is CC(C)[C@H](NC(=O)c1ccncc1)c1nc2ccccc2n1C. The van der Waals surface area contributed by atoms with Gasteiger partial charge in [-0.05, 0) is 30.2 Å². The van der Waals surface area contributed by atoms with Crippen LogP contribution in [0, 0.1) is 5.92 Å². The molecule has 0 bridgehead atoms. The van der Waals surface area contributed by atoms with Crippen LogP contribution < -0.4 is 5.32 Å². The normalized spacial score (nSPS) is 12.5. The molecule has 118 valence electrons. The third-order valence-electron chi connectivity index (χ3n) is 4.00. The smallest absolute Gasteiger partial charge is 0.251 e. The third kappa shape index (κ3) is 2.95. The molecule has 0 fully saturated rings. The molecule has 2 aromatic heterocycles. The van der Waals surface area contributed by atoms with Gasteiger partial charge in [-0.15, -0.1) is 0 Å². The van der Waals surface area contributed by atoms with Crippen LogP contribution in [0.5, 0.6) is 0 Å². The van der Waals surface area contributed by atoms with Gasteiger partial charge < -0.3 is 9.88 Å². The van der Waals surface area contributed by atoms with E-state index in [9.17, 15) is 4.79 Å². The highest BCUT2D eigenvalue weighted by Gasteiger charge is 2.24. The predicted octanol–water partition coefficient (Wildman–Crippen LogP) is 3.10. The van der Waals surface area contributed by atoms with E-state index in [1.54, 1.807) is 24.5 Å². The van der Waals surface area contributed by atoms with Crippen molar-refractivity contribution in [3.63, 3.8) is 0 Å². The van der Waals surface area contributed by atoms with Crippen LogP contribution in [0.4, 0.5) is 0 Å². The van der Waals surface area contributed by atoms with Gasteiger partial charge in [-0.3, -0.25) is 9.78 Å². The Morgan fingerprint density at radius 1 is 1.13 bits per heavy atom. The van der Waals surface area contributed by atoms with Crippen molar-refractivity contribution in [1.82, 2.24) is 19.9 Å². The first-order chi connectivity index (χ1) is 11.1. The fraction of sp³-hybridized carbons (Fsp3) is 0.278. The number of nitrogens with one attached hydrogen (secondary N) is 1. The summed E-state index contributed by atoms with van der Waals surface area (Å²) in [6, 6.07) is 11.2. The van der Waals surface area contributed by atoms with E-state index in [0.717, 1.165) is 16.9 Å². The first kappa shape index (κ1) is 15.2. The average molecular weight is 308 g/mol. The van der Waals surface area contributed by atoms with Gasteiger partial charge in [-0.2, -0.15) is 0 Å². The molecule has 2 heterocycles. The Bertz CT molecular complexity index is 823. The highest BCUT2D eigenvalue weighted by atomic mass is 16.1. The van der Waals surface area contributed by atoms with Crippen LogP contribution in [0.1, 0.15) is 36.1 Å². The lowest BCUT2D eigenvalue weighted by molar-refractivity contribution is 0.0922. The van der Waals surface area contributed by atoms with E-state index in [4.69, 9.17) is 4.98 Å². The molecule has 0 aliphatic heterocycles. The van der Waals surface area contributed by atoms with Crippen molar-refractivity contribution >= 4 is 16.9 Å². The van der Waals surface area contributed by atoms with Gasteiger partial charge in [0.1, 0.15) is 5.82 Å². The quantitative estimate of drug-likeness (QED) is 0.805. The van der Waals surface area contributed by atoms with E-state index < -0.39 is 0 Å². The zero-order valence-corrected chi connectivity index (χ0v) is 13.5. The maximum atomic E-state index is 12.5. The van der Waals surface area contributed by atoms with E-state index in [0.29, 0.717) is 5.56 Å². The molecule has 3 aromatic rings. The molecule has 0 saturated heterocycles. The Morgan fingerprint density at radius 3 is 2.48 bits per heavy atom. The number of hydrogen-bond donors (Lipinski definition) is 1. The molecule has 1 aromatic carbocycles. The molecule has 23 heavy (non-hydrogen) atoms. The summed E-state index contributed by atoms with van der Waals surface area (Å²) in [5, 5.41) is 3.10. The van der Waals surface area contributed by atoms with Crippen molar-refractivity contribution < 1.29 is 4.79 Å². The molecule has 0 unspecified atom stereocenters. The summed E-state index contributed by atoms with van der Waals surface area (Å²) in [5.41, 5.74) is 2.60. The number of amides is 1. The minimum atomic E-state index is -0.159. The average Bonchev–Trinajstić information content (AvgIpc) is 2.90. The zero-order valence-electron chi connectivity index (χ0n) is 13.5. The van der Waals surface area contributed by atoms with Crippen molar-refractivity contribution in [3.8, 4) is 0 Å². The molecule has 1 amide bonds.